The summed E-state index contributed by atoms with van der Waals surface area (Å²) in [4.78, 5) is 27.7. The number of likely N-dealkylation sites (N-methyl/N-ethyl adjacent to an activating group) is 2. The first kappa shape index (κ1) is 20.4. The number of piperidine rings is 1. The van der Waals surface area contributed by atoms with E-state index in [2.05, 4.69) is 32.9 Å². The fraction of sp³-hybridized carbons (Fsp3) is 0.500. The van der Waals surface area contributed by atoms with Crippen LogP contribution in [0.2, 0.25) is 0 Å². The van der Waals surface area contributed by atoms with Gasteiger partial charge in [-0.1, -0.05) is 6.07 Å². The van der Waals surface area contributed by atoms with Crippen LogP contribution in [0.4, 0.5) is 0 Å². The van der Waals surface area contributed by atoms with Crippen molar-refractivity contribution in [3.63, 3.8) is 0 Å². The van der Waals surface area contributed by atoms with Crippen molar-refractivity contribution in [3.8, 4) is 0 Å². The molecule has 1 fully saturated rings. The van der Waals surface area contributed by atoms with Crippen LogP contribution in [0.3, 0.4) is 0 Å². The monoisotopic (exact) mass is 381 g/mol. The molecule has 2 aromatic heterocycles. The second-order valence-corrected chi connectivity index (χ2v) is 7.72. The number of nitrogens with zero attached hydrogens (tertiary/aromatic N) is 5. The molecule has 3 rings (SSSR count). The minimum Gasteiger partial charge on any atom is -0.340 e. The van der Waals surface area contributed by atoms with Crippen molar-refractivity contribution in [1.82, 2.24) is 24.7 Å². The van der Waals surface area contributed by atoms with Crippen LogP contribution in [0, 0.1) is 0 Å². The Bertz CT molecular complexity index is 724. The number of hydrogen-bond acceptors (Lipinski definition) is 5. The Morgan fingerprint density at radius 3 is 2.75 bits per heavy atom. The number of pyridine rings is 2. The minimum absolute atomic E-state index is 0.222. The number of likely N-dealkylation sites (tertiary alicyclic amines) is 1. The normalized spacial score (nSPS) is 17.3. The average Bonchev–Trinajstić information content (AvgIpc) is 2.73. The lowest BCUT2D eigenvalue weighted by Gasteiger charge is -2.38. The molecule has 1 aliphatic rings. The maximum absolute atomic E-state index is 12.8. The van der Waals surface area contributed by atoms with Crippen LogP contribution in [0.25, 0.3) is 0 Å². The van der Waals surface area contributed by atoms with Gasteiger partial charge in [-0.15, -0.1) is 0 Å². The van der Waals surface area contributed by atoms with Crippen molar-refractivity contribution < 1.29 is 4.79 Å². The van der Waals surface area contributed by atoms with E-state index in [0.29, 0.717) is 12.6 Å². The zero-order valence-electron chi connectivity index (χ0n) is 17.0. The van der Waals surface area contributed by atoms with E-state index in [1.165, 1.54) is 5.56 Å². The van der Waals surface area contributed by atoms with Crippen LogP contribution in [0.5, 0.6) is 0 Å². The van der Waals surface area contributed by atoms with Gasteiger partial charge in [0, 0.05) is 62.9 Å². The molecule has 1 atom stereocenters. The molecule has 0 saturated carbocycles. The summed E-state index contributed by atoms with van der Waals surface area (Å²) in [7, 11) is 4.16. The molecule has 3 heterocycles. The van der Waals surface area contributed by atoms with Gasteiger partial charge in [-0.2, -0.15) is 0 Å². The number of hydrogen-bond donors (Lipinski definition) is 0. The van der Waals surface area contributed by atoms with E-state index in [1.807, 2.05) is 42.4 Å². The van der Waals surface area contributed by atoms with Gasteiger partial charge in [0.05, 0.1) is 6.54 Å². The van der Waals surface area contributed by atoms with Gasteiger partial charge in [-0.25, -0.2) is 0 Å². The summed E-state index contributed by atoms with van der Waals surface area (Å²) in [6.07, 6.45) is 8.59. The van der Waals surface area contributed by atoms with E-state index < -0.39 is 0 Å². The number of carbonyl (C=O) groups is 1. The van der Waals surface area contributed by atoms with Gasteiger partial charge >= 0.3 is 0 Å². The zero-order chi connectivity index (χ0) is 19.8. The third-order valence-corrected chi connectivity index (χ3v) is 5.43. The molecule has 28 heavy (non-hydrogen) atoms. The summed E-state index contributed by atoms with van der Waals surface area (Å²) in [5.74, 6) is 0.222. The van der Waals surface area contributed by atoms with Gasteiger partial charge in [-0.05, 0) is 56.8 Å². The minimum atomic E-state index is 0.222. The number of rotatable bonds is 8. The van der Waals surface area contributed by atoms with Crippen LogP contribution in [0.1, 0.15) is 24.1 Å². The first-order valence-electron chi connectivity index (χ1n) is 10.1. The lowest BCUT2D eigenvalue weighted by atomic mass is 10.0. The Balaban J connectivity index is 1.46. The SMILES string of the molecule is CN(CC(=O)N1CCCC(N(C)CCc2ccccn2)C1)Cc1ccncc1. The molecule has 6 heteroatoms. The zero-order valence-corrected chi connectivity index (χ0v) is 17.0. The number of carbonyl (C=O) groups excluding carboxylic acids is 1. The van der Waals surface area contributed by atoms with Crippen molar-refractivity contribution in [2.75, 3.05) is 40.3 Å². The fourth-order valence-corrected chi connectivity index (χ4v) is 3.75. The van der Waals surface area contributed by atoms with Crippen molar-refractivity contribution in [2.45, 2.75) is 31.8 Å². The Morgan fingerprint density at radius 1 is 1.18 bits per heavy atom. The Kier molecular flexibility index (Phi) is 7.51. The molecule has 0 spiro atoms. The molecule has 1 aliphatic heterocycles. The lowest BCUT2D eigenvalue weighted by Crippen LogP contribution is -2.51. The lowest BCUT2D eigenvalue weighted by molar-refractivity contribution is -0.134. The van der Waals surface area contributed by atoms with Crippen LogP contribution in [-0.2, 0) is 17.8 Å². The highest BCUT2D eigenvalue weighted by Gasteiger charge is 2.26. The Hall–Kier alpha value is -2.31. The molecule has 1 amide bonds. The third kappa shape index (κ3) is 6.11. The van der Waals surface area contributed by atoms with Crippen molar-refractivity contribution in [2.24, 2.45) is 0 Å². The second-order valence-electron chi connectivity index (χ2n) is 7.72. The molecule has 150 valence electrons. The number of amides is 1. The summed E-state index contributed by atoms with van der Waals surface area (Å²) in [5.41, 5.74) is 2.30. The van der Waals surface area contributed by atoms with Crippen LogP contribution in [-0.4, -0.2) is 76.9 Å². The smallest absolute Gasteiger partial charge is 0.236 e. The van der Waals surface area contributed by atoms with Crippen molar-refractivity contribution in [3.05, 3.63) is 60.2 Å². The molecule has 0 bridgehead atoms. The average molecular weight is 382 g/mol. The molecule has 2 aromatic rings. The first-order valence-corrected chi connectivity index (χ1v) is 10.1. The predicted molar refractivity (Wildman–Crippen MR) is 111 cm³/mol. The quantitative estimate of drug-likeness (QED) is 0.701. The van der Waals surface area contributed by atoms with Gasteiger partial charge in [0.15, 0.2) is 0 Å². The highest BCUT2D eigenvalue weighted by molar-refractivity contribution is 5.78. The van der Waals surface area contributed by atoms with Gasteiger partial charge in [0.25, 0.3) is 0 Å². The topological polar surface area (TPSA) is 52.6 Å². The molecule has 0 N–H and O–H groups in total. The van der Waals surface area contributed by atoms with E-state index in [-0.39, 0.29) is 5.91 Å². The molecule has 1 saturated heterocycles. The molecule has 0 aliphatic carbocycles. The predicted octanol–water partition coefficient (Wildman–Crippen LogP) is 2.07. The molecule has 1 unspecified atom stereocenters. The number of aromatic nitrogens is 2. The molecule has 0 radical (unpaired) electrons. The Morgan fingerprint density at radius 2 is 2.00 bits per heavy atom. The van der Waals surface area contributed by atoms with Gasteiger partial charge in [-0.3, -0.25) is 19.7 Å². The van der Waals surface area contributed by atoms with Crippen LogP contribution >= 0.6 is 0 Å². The van der Waals surface area contributed by atoms with E-state index in [1.54, 1.807) is 12.4 Å². The summed E-state index contributed by atoms with van der Waals surface area (Å²) in [6.45, 7) is 3.86. The summed E-state index contributed by atoms with van der Waals surface area (Å²) >= 11 is 0. The molecule has 6 nitrogen and oxygen atoms in total. The highest BCUT2D eigenvalue weighted by Crippen LogP contribution is 2.16. The third-order valence-electron chi connectivity index (χ3n) is 5.43. The molecular weight excluding hydrogens is 350 g/mol. The maximum atomic E-state index is 12.8. The van der Waals surface area contributed by atoms with E-state index >= 15 is 0 Å². The first-order chi connectivity index (χ1) is 13.6. The summed E-state index contributed by atoms with van der Waals surface area (Å²) in [5, 5.41) is 0. The molecular formula is C22H31N5O. The van der Waals surface area contributed by atoms with Gasteiger partial charge in [0.2, 0.25) is 5.91 Å². The fourth-order valence-electron chi connectivity index (χ4n) is 3.75. The summed E-state index contributed by atoms with van der Waals surface area (Å²) in [6, 6.07) is 10.5. The largest absolute Gasteiger partial charge is 0.340 e. The van der Waals surface area contributed by atoms with Gasteiger partial charge < -0.3 is 9.80 Å². The van der Waals surface area contributed by atoms with E-state index in [0.717, 1.165) is 51.1 Å². The second kappa shape index (κ2) is 10.3. The van der Waals surface area contributed by atoms with E-state index in [9.17, 15) is 4.79 Å². The van der Waals surface area contributed by atoms with Crippen LogP contribution < -0.4 is 0 Å². The van der Waals surface area contributed by atoms with Crippen molar-refractivity contribution >= 4 is 5.91 Å². The highest BCUT2D eigenvalue weighted by atomic mass is 16.2. The van der Waals surface area contributed by atoms with Gasteiger partial charge in [0.1, 0.15) is 0 Å². The Labute approximate surface area is 168 Å². The summed E-state index contributed by atoms with van der Waals surface area (Å²) < 4.78 is 0. The van der Waals surface area contributed by atoms with Crippen LogP contribution in [0.15, 0.2) is 48.9 Å². The maximum Gasteiger partial charge on any atom is 0.236 e. The molecule has 0 aromatic carbocycles. The van der Waals surface area contributed by atoms with Crippen molar-refractivity contribution in [1.29, 1.82) is 0 Å². The standard InChI is InChI=1S/C22H31N5O/c1-25(16-19-8-12-23-13-9-19)18-22(28)27-14-5-7-21(17-27)26(2)15-10-20-6-3-4-11-24-20/h3-4,6,8-9,11-13,21H,5,7,10,14-18H2,1-2H3. The van der Waals surface area contributed by atoms with E-state index in [4.69, 9.17) is 0 Å².